The predicted molar refractivity (Wildman–Crippen MR) is 58.3 cm³/mol. The first-order chi connectivity index (χ1) is 6.83. The van der Waals surface area contributed by atoms with Gasteiger partial charge >= 0.3 is 0 Å². The molecule has 0 saturated carbocycles. The molecule has 0 aromatic heterocycles. The summed E-state index contributed by atoms with van der Waals surface area (Å²) in [6, 6.07) is 5.75. The zero-order valence-electron chi connectivity index (χ0n) is 8.38. The van der Waals surface area contributed by atoms with Crippen molar-refractivity contribution in [3.05, 3.63) is 35.4 Å². The Morgan fingerprint density at radius 2 is 2.29 bits per heavy atom. The summed E-state index contributed by atoms with van der Waals surface area (Å²) in [5.74, 6) is 0.434. The minimum Gasteiger partial charge on any atom is -0.508 e. The molecule has 74 valence electrons. The Kier molecular flexibility index (Phi) is 2.55. The molecular weight excluding hydrogens is 174 g/mol. The van der Waals surface area contributed by atoms with Crippen LogP contribution in [0.1, 0.15) is 17.5 Å². The van der Waals surface area contributed by atoms with Crippen molar-refractivity contribution in [2.45, 2.75) is 12.8 Å². The number of nitrogens with one attached hydrogen (secondary N) is 1. The lowest BCUT2D eigenvalue weighted by Crippen LogP contribution is -2.13. The van der Waals surface area contributed by atoms with E-state index >= 15 is 0 Å². The van der Waals surface area contributed by atoms with Crippen LogP contribution in [0.3, 0.4) is 0 Å². The summed E-state index contributed by atoms with van der Waals surface area (Å²) in [4.78, 5) is 0. The van der Waals surface area contributed by atoms with Crippen molar-refractivity contribution < 1.29 is 5.11 Å². The van der Waals surface area contributed by atoms with E-state index in [9.17, 15) is 5.11 Å². The van der Waals surface area contributed by atoms with Crippen LogP contribution in [0, 0.1) is 0 Å². The number of aromatic hydroxyl groups is 1. The summed E-state index contributed by atoms with van der Waals surface area (Å²) < 4.78 is 0. The van der Waals surface area contributed by atoms with Gasteiger partial charge in [0.15, 0.2) is 0 Å². The standard InChI is InChI=1S/C12H15NO/c1-13-8-9-4-2-6-11-10(9)5-3-7-12(11)14/h3-5,7,13-14H,2,6,8H2,1H3. The topological polar surface area (TPSA) is 32.3 Å². The first kappa shape index (κ1) is 9.28. The van der Waals surface area contributed by atoms with Crippen molar-refractivity contribution >= 4 is 5.57 Å². The number of likely N-dealkylation sites (N-methyl/N-ethyl adjacent to an activating group) is 1. The van der Waals surface area contributed by atoms with E-state index in [2.05, 4.69) is 17.5 Å². The summed E-state index contributed by atoms with van der Waals surface area (Å²) in [5.41, 5.74) is 3.59. The molecule has 1 aliphatic carbocycles. The third-order valence-corrected chi connectivity index (χ3v) is 2.65. The molecule has 0 spiro atoms. The highest BCUT2D eigenvalue weighted by atomic mass is 16.3. The van der Waals surface area contributed by atoms with Crippen molar-refractivity contribution in [2.24, 2.45) is 0 Å². The molecule has 0 fully saturated rings. The Balaban J connectivity index is 2.43. The molecule has 0 unspecified atom stereocenters. The van der Waals surface area contributed by atoms with E-state index in [1.165, 1.54) is 11.1 Å². The minimum absolute atomic E-state index is 0.434. The van der Waals surface area contributed by atoms with Gasteiger partial charge < -0.3 is 10.4 Å². The molecule has 0 aliphatic heterocycles. The first-order valence-corrected chi connectivity index (χ1v) is 4.98. The number of phenols is 1. The molecule has 2 N–H and O–H groups in total. The molecule has 0 amide bonds. The molecule has 2 nitrogen and oxygen atoms in total. The second-order valence-corrected chi connectivity index (χ2v) is 3.60. The Hall–Kier alpha value is -1.28. The fourth-order valence-corrected chi connectivity index (χ4v) is 2.00. The number of phenolic OH excluding ortho intramolecular Hbond substituents is 1. The summed E-state index contributed by atoms with van der Waals surface area (Å²) in [6.45, 7) is 0.871. The van der Waals surface area contributed by atoms with Crippen LogP contribution in [-0.4, -0.2) is 18.7 Å². The first-order valence-electron chi connectivity index (χ1n) is 4.98. The quantitative estimate of drug-likeness (QED) is 0.745. The van der Waals surface area contributed by atoms with Crippen molar-refractivity contribution in [2.75, 3.05) is 13.6 Å². The van der Waals surface area contributed by atoms with Gasteiger partial charge in [0.25, 0.3) is 0 Å². The largest absolute Gasteiger partial charge is 0.508 e. The van der Waals surface area contributed by atoms with Gasteiger partial charge in [0.2, 0.25) is 0 Å². The van der Waals surface area contributed by atoms with Gasteiger partial charge in [0.1, 0.15) is 5.75 Å². The smallest absolute Gasteiger partial charge is 0.119 e. The third-order valence-electron chi connectivity index (χ3n) is 2.65. The van der Waals surface area contributed by atoms with Gasteiger partial charge in [0, 0.05) is 12.1 Å². The second-order valence-electron chi connectivity index (χ2n) is 3.60. The average molecular weight is 189 g/mol. The highest BCUT2D eigenvalue weighted by Gasteiger charge is 2.14. The summed E-state index contributed by atoms with van der Waals surface area (Å²) in [5, 5.41) is 12.8. The number of benzene rings is 1. The van der Waals surface area contributed by atoms with E-state index in [1.54, 1.807) is 6.07 Å². The highest BCUT2D eigenvalue weighted by molar-refractivity contribution is 5.73. The maximum atomic E-state index is 9.69. The SMILES string of the molecule is CNCC1=CCCc2c(O)cccc21. The van der Waals surface area contributed by atoms with Gasteiger partial charge in [-0.2, -0.15) is 0 Å². The second kappa shape index (κ2) is 3.84. The van der Waals surface area contributed by atoms with Gasteiger partial charge in [-0.15, -0.1) is 0 Å². The lowest BCUT2D eigenvalue weighted by Gasteiger charge is -2.18. The fourth-order valence-electron chi connectivity index (χ4n) is 2.00. The van der Waals surface area contributed by atoms with Crippen LogP contribution >= 0.6 is 0 Å². The van der Waals surface area contributed by atoms with Crippen LogP contribution in [0.2, 0.25) is 0 Å². The van der Waals surface area contributed by atoms with Crippen molar-refractivity contribution in [1.29, 1.82) is 0 Å². The van der Waals surface area contributed by atoms with E-state index in [0.29, 0.717) is 5.75 Å². The molecule has 0 saturated heterocycles. The van der Waals surface area contributed by atoms with Crippen LogP contribution in [0.4, 0.5) is 0 Å². The van der Waals surface area contributed by atoms with E-state index in [-0.39, 0.29) is 0 Å². The molecule has 1 aromatic rings. The molecule has 0 heterocycles. The van der Waals surface area contributed by atoms with Gasteiger partial charge in [-0.3, -0.25) is 0 Å². The average Bonchev–Trinajstić information content (AvgIpc) is 2.20. The maximum absolute atomic E-state index is 9.69. The zero-order valence-corrected chi connectivity index (χ0v) is 8.38. The Morgan fingerprint density at radius 3 is 3.07 bits per heavy atom. The van der Waals surface area contributed by atoms with Crippen LogP contribution in [-0.2, 0) is 6.42 Å². The number of allylic oxidation sites excluding steroid dienone is 1. The number of fused-ring (bicyclic) bond motifs is 1. The highest BCUT2D eigenvalue weighted by Crippen LogP contribution is 2.31. The van der Waals surface area contributed by atoms with Gasteiger partial charge in [-0.05, 0) is 37.1 Å². The Morgan fingerprint density at radius 1 is 1.43 bits per heavy atom. The Labute approximate surface area is 84.3 Å². The fraction of sp³-hybridized carbons (Fsp3) is 0.333. The van der Waals surface area contributed by atoms with E-state index in [0.717, 1.165) is 24.9 Å². The third kappa shape index (κ3) is 1.53. The zero-order chi connectivity index (χ0) is 9.97. The lowest BCUT2D eigenvalue weighted by atomic mass is 9.90. The monoisotopic (exact) mass is 189 g/mol. The van der Waals surface area contributed by atoms with Crippen molar-refractivity contribution in [3.8, 4) is 5.75 Å². The molecule has 0 atom stereocenters. The number of hydrogen-bond acceptors (Lipinski definition) is 2. The van der Waals surface area contributed by atoms with Crippen molar-refractivity contribution in [1.82, 2.24) is 5.32 Å². The van der Waals surface area contributed by atoms with Crippen LogP contribution in [0.5, 0.6) is 5.75 Å². The molecule has 2 rings (SSSR count). The van der Waals surface area contributed by atoms with Gasteiger partial charge in [-0.25, -0.2) is 0 Å². The van der Waals surface area contributed by atoms with E-state index in [1.807, 2.05) is 13.1 Å². The maximum Gasteiger partial charge on any atom is 0.119 e. The molecule has 14 heavy (non-hydrogen) atoms. The van der Waals surface area contributed by atoms with Gasteiger partial charge in [0.05, 0.1) is 0 Å². The number of rotatable bonds is 2. The van der Waals surface area contributed by atoms with E-state index < -0.39 is 0 Å². The summed E-state index contributed by atoms with van der Waals surface area (Å²) >= 11 is 0. The summed E-state index contributed by atoms with van der Waals surface area (Å²) in [7, 11) is 1.94. The normalized spacial score (nSPS) is 14.8. The number of hydrogen-bond donors (Lipinski definition) is 2. The molecule has 1 aromatic carbocycles. The van der Waals surface area contributed by atoms with Crippen LogP contribution in [0.15, 0.2) is 24.3 Å². The molecule has 2 heteroatoms. The van der Waals surface area contributed by atoms with Crippen LogP contribution < -0.4 is 5.32 Å². The minimum atomic E-state index is 0.434. The summed E-state index contributed by atoms with van der Waals surface area (Å²) in [6.07, 6.45) is 4.23. The van der Waals surface area contributed by atoms with E-state index in [4.69, 9.17) is 0 Å². The molecule has 1 aliphatic rings. The van der Waals surface area contributed by atoms with Crippen LogP contribution in [0.25, 0.3) is 5.57 Å². The van der Waals surface area contributed by atoms with Gasteiger partial charge in [-0.1, -0.05) is 18.2 Å². The van der Waals surface area contributed by atoms with Crippen molar-refractivity contribution in [3.63, 3.8) is 0 Å². The lowest BCUT2D eigenvalue weighted by molar-refractivity contribution is 0.467. The predicted octanol–water partition coefficient (Wildman–Crippen LogP) is 1.94. The molecule has 0 bridgehead atoms. The Bertz CT molecular complexity index is 369. The molecular formula is C12H15NO. The molecule has 0 radical (unpaired) electrons.